The van der Waals surface area contributed by atoms with Crippen LogP contribution in [0.25, 0.3) is 0 Å². The van der Waals surface area contributed by atoms with E-state index in [1.54, 1.807) is 0 Å². The second-order valence-corrected chi connectivity index (χ2v) is 3.94. The molecule has 0 fully saturated rings. The first-order valence-corrected chi connectivity index (χ1v) is 5.31. The van der Waals surface area contributed by atoms with Gasteiger partial charge >= 0.3 is 0 Å². The third-order valence-corrected chi connectivity index (χ3v) is 2.28. The van der Waals surface area contributed by atoms with E-state index in [0.717, 1.165) is 16.8 Å². The molecule has 0 aliphatic rings. The number of hydrogen-bond acceptors (Lipinski definition) is 2. The van der Waals surface area contributed by atoms with Crippen molar-refractivity contribution in [3.8, 4) is 0 Å². The molecular weight excluding hydrogens is 222 g/mol. The molecule has 0 heterocycles. The van der Waals surface area contributed by atoms with Gasteiger partial charge in [-0.3, -0.25) is 15.6 Å². The van der Waals surface area contributed by atoms with Crippen molar-refractivity contribution >= 4 is 28.9 Å². The van der Waals surface area contributed by atoms with Crippen LogP contribution in [0.1, 0.15) is 18.1 Å². The highest BCUT2D eigenvalue weighted by Crippen LogP contribution is 2.18. The van der Waals surface area contributed by atoms with Gasteiger partial charge < -0.3 is 5.32 Å². The topological polar surface area (TPSA) is 53.2 Å². The van der Waals surface area contributed by atoms with Gasteiger partial charge in [-0.25, -0.2) is 0 Å². The Morgan fingerprint density at radius 2 is 1.75 bits per heavy atom. The van der Waals surface area contributed by atoms with Gasteiger partial charge in [0.05, 0.1) is 0 Å². The summed E-state index contributed by atoms with van der Waals surface area (Å²) in [5.41, 5.74) is 8.19. The molecule has 0 unspecified atom stereocenters. The summed E-state index contributed by atoms with van der Waals surface area (Å²) in [4.78, 5) is 10.7. The summed E-state index contributed by atoms with van der Waals surface area (Å²) in [5.74, 6) is -0.189. The molecule has 0 aliphatic carbocycles. The van der Waals surface area contributed by atoms with E-state index >= 15 is 0 Å². The zero-order valence-corrected chi connectivity index (χ0v) is 10.4. The van der Waals surface area contributed by atoms with E-state index in [1.165, 1.54) is 6.92 Å². The maximum absolute atomic E-state index is 10.7. The first-order valence-electron chi connectivity index (χ1n) is 4.90. The maximum atomic E-state index is 10.7. The lowest BCUT2D eigenvalue weighted by Crippen LogP contribution is -2.42. The van der Waals surface area contributed by atoms with Crippen LogP contribution in [0, 0.1) is 13.8 Å². The third kappa shape index (κ3) is 3.51. The lowest BCUT2D eigenvalue weighted by Gasteiger charge is -2.14. The maximum Gasteiger partial charge on any atom is 0.235 e. The minimum absolute atomic E-state index is 0.189. The molecule has 1 rings (SSSR count). The molecule has 0 spiro atoms. The number of aryl methyl sites for hydroxylation is 2. The summed E-state index contributed by atoms with van der Waals surface area (Å²) in [5, 5.41) is 3.41. The number of hydrogen-bond donors (Lipinski definition) is 3. The summed E-state index contributed by atoms with van der Waals surface area (Å²) in [6.45, 7) is 5.40. The molecule has 0 atom stereocenters. The minimum atomic E-state index is -0.189. The Labute approximate surface area is 100 Å². The van der Waals surface area contributed by atoms with Gasteiger partial charge in [-0.05, 0) is 37.2 Å². The molecule has 1 aromatic carbocycles. The van der Waals surface area contributed by atoms with Crippen molar-refractivity contribution in [3.63, 3.8) is 0 Å². The Balaban J connectivity index is 2.66. The number of para-hydroxylation sites is 1. The first-order chi connectivity index (χ1) is 7.50. The lowest BCUT2D eigenvalue weighted by molar-refractivity contribution is -0.119. The standard InChI is InChI=1S/C11H15N3OS/c1-7-5-4-6-8(2)10(7)12-11(16)14-13-9(3)15/h4-6H,1-3H3,(H,13,15)(H2,12,14,16). The van der Waals surface area contributed by atoms with Crippen molar-refractivity contribution in [3.05, 3.63) is 29.3 Å². The van der Waals surface area contributed by atoms with Gasteiger partial charge in [-0.1, -0.05) is 18.2 Å². The van der Waals surface area contributed by atoms with Crippen LogP contribution in [0.2, 0.25) is 0 Å². The van der Waals surface area contributed by atoms with Crippen LogP contribution < -0.4 is 16.2 Å². The molecule has 0 radical (unpaired) electrons. The highest BCUT2D eigenvalue weighted by molar-refractivity contribution is 7.80. The van der Waals surface area contributed by atoms with E-state index in [9.17, 15) is 4.79 Å². The fraction of sp³-hybridized carbons (Fsp3) is 0.273. The number of amides is 1. The molecule has 16 heavy (non-hydrogen) atoms. The Morgan fingerprint density at radius 3 is 2.25 bits per heavy atom. The van der Waals surface area contributed by atoms with Crippen molar-refractivity contribution in [1.82, 2.24) is 10.9 Å². The fourth-order valence-electron chi connectivity index (χ4n) is 1.30. The first kappa shape index (κ1) is 12.4. The summed E-state index contributed by atoms with van der Waals surface area (Å²) < 4.78 is 0. The van der Waals surface area contributed by atoms with Crippen LogP contribution >= 0.6 is 12.2 Å². The zero-order chi connectivity index (χ0) is 12.1. The Kier molecular flexibility index (Phi) is 4.25. The van der Waals surface area contributed by atoms with Crippen LogP contribution in [0.4, 0.5) is 5.69 Å². The number of benzene rings is 1. The summed E-state index contributed by atoms with van der Waals surface area (Å²) in [6.07, 6.45) is 0. The van der Waals surface area contributed by atoms with Crippen LogP contribution in [-0.4, -0.2) is 11.0 Å². The van der Waals surface area contributed by atoms with Gasteiger partial charge in [-0.2, -0.15) is 0 Å². The van der Waals surface area contributed by atoms with E-state index in [1.807, 2.05) is 32.0 Å². The van der Waals surface area contributed by atoms with Crippen LogP contribution in [0.15, 0.2) is 18.2 Å². The summed E-state index contributed by atoms with van der Waals surface area (Å²) >= 11 is 5.04. The average molecular weight is 237 g/mol. The number of rotatable bonds is 1. The van der Waals surface area contributed by atoms with Crippen molar-refractivity contribution in [2.75, 3.05) is 5.32 Å². The molecule has 86 valence electrons. The summed E-state index contributed by atoms with van der Waals surface area (Å²) in [6, 6.07) is 5.98. The monoisotopic (exact) mass is 237 g/mol. The normalized spacial score (nSPS) is 9.44. The SMILES string of the molecule is CC(=O)NNC(=S)Nc1c(C)cccc1C. The second-order valence-electron chi connectivity index (χ2n) is 3.53. The third-order valence-electron chi connectivity index (χ3n) is 2.07. The molecule has 0 aromatic heterocycles. The molecule has 0 saturated heterocycles. The highest BCUT2D eigenvalue weighted by Gasteiger charge is 2.03. The largest absolute Gasteiger partial charge is 0.331 e. The van der Waals surface area contributed by atoms with E-state index in [2.05, 4.69) is 16.2 Å². The van der Waals surface area contributed by atoms with Gasteiger partial charge in [0.1, 0.15) is 0 Å². The number of nitrogens with one attached hydrogen (secondary N) is 3. The van der Waals surface area contributed by atoms with Gasteiger partial charge in [0, 0.05) is 12.6 Å². The smallest absolute Gasteiger partial charge is 0.235 e. The fourth-order valence-corrected chi connectivity index (χ4v) is 1.45. The van der Waals surface area contributed by atoms with Gasteiger partial charge in [0.25, 0.3) is 0 Å². The molecule has 0 saturated carbocycles. The molecule has 3 N–H and O–H groups in total. The number of carbonyl (C=O) groups is 1. The lowest BCUT2D eigenvalue weighted by atomic mass is 10.1. The van der Waals surface area contributed by atoms with E-state index in [0.29, 0.717) is 5.11 Å². The second kappa shape index (κ2) is 5.46. The van der Waals surface area contributed by atoms with Crippen molar-refractivity contribution in [2.45, 2.75) is 20.8 Å². The highest BCUT2D eigenvalue weighted by atomic mass is 32.1. The Morgan fingerprint density at radius 1 is 1.19 bits per heavy atom. The molecule has 0 aliphatic heterocycles. The van der Waals surface area contributed by atoms with Crippen LogP contribution in [-0.2, 0) is 4.79 Å². The number of anilines is 1. The van der Waals surface area contributed by atoms with E-state index in [-0.39, 0.29) is 5.91 Å². The van der Waals surface area contributed by atoms with Crippen molar-refractivity contribution in [1.29, 1.82) is 0 Å². The molecule has 1 aromatic rings. The predicted octanol–water partition coefficient (Wildman–Crippen LogP) is 1.64. The van der Waals surface area contributed by atoms with Crippen molar-refractivity contribution in [2.24, 2.45) is 0 Å². The van der Waals surface area contributed by atoms with E-state index in [4.69, 9.17) is 12.2 Å². The number of thiocarbonyl (C=S) groups is 1. The molecule has 4 nitrogen and oxygen atoms in total. The number of carbonyl (C=O) groups excluding carboxylic acids is 1. The van der Waals surface area contributed by atoms with Gasteiger partial charge in [0.2, 0.25) is 5.91 Å². The Hall–Kier alpha value is -1.62. The zero-order valence-electron chi connectivity index (χ0n) is 9.55. The van der Waals surface area contributed by atoms with Crippen molar-refractivity contribution < 1.29 is 4.79 Å². The molecule has 0 bridgehead atoms. The van der Waals surface area contributed by atoms with Gasteiger partial charge in [-0.15, -0.1) is 0 Å². The predicted molar refractivity (Wildman–Crippen MR) is 69.1 cm³/mol. The van der Waals surface area contributed by atoms with E-state index < -0.39 is 0 Å². The average Bonchev–Trinajstić information content (AvgIpc) is 2.21. The quantitative estimate of drug-likeness (QED) is 0.513. The molecule has 1 amide bonds. The van der Waals surface area contributed by atoms with Crippen LogP contribution in [0.5, 0.6) is 0 Å². The molecule has 5 heteroatoms. The number of hydrazine groups is 1. The molecular formula is C11H15N3OS. The minimum Gasteiger partial charge on any atom is -0.331 e. The van der Waals surface area contributed by atoms with Crippen LogP contribution in [0.3, 0.4) is 0 Å². The van der Waals surface area contributed by atoms with Gasteiger partial charge in [0.15, 0.2) is 5.11 Å². The Bertz CT molecular complexity index is 397. The summed E-state index contributed by atoms with van der Waals surface area (Å²) in [7, 11) is 0.